The lowest BCUT2D eigenvalue weighted by molar-refractivity contribution is 0.269. The number of rotatable bonds is 5. The molecule has 4 nitrogen and oxygen atoms in total. The lowest BCUT2D eigenvalue weighted by Gasteiger charge is -2.32. The molecule has 0 aliphatic carbocycles. The molecule has 0 saturated carbocycles. The minimum atomic E-state index is -3.55. The van der Waals surface area contributed by atoms with Gasteiger partial charge in [0, 0.05) is 17.0 Å². The molecule has 0 aromatic carbocycles. The average Bonchev–Trinajstić information content (AvgIpc) is 2.54. The number of sulfonamides is 1. The van der Waals surface area contributed by atoms with E-state index in [0.29, 0.717) is 10.3 Å². The third-order valence-electron chi connectivity index (χ3n) is 2.58. The maximum atomic E-state index is 12.5. The van der Waals surface area contributed by atoms with Gasteiger partial charge in [0.1, 0.15) is 4.90 Å². The number of halogens is 1. The first-order valence-electron chi connectivity index (χ1n) is 6.39. The largest absolute Gasteiger partial charge is 0.326 e. The van der Waals surface area contributed by atoms with Crippen LogP contribution in [0.25, 0.3) is 0 Å². The fourth-order valence-corrected chi connectivity index (χ4v) is 6.44. The van der Waals surface area contributed by atoms with E-state index in [2.05, 4.69) is 41.4 Å². The molecule has 1 rings (SSSR count). The molecule has 1 aromatic rings. The van der Waals surface area contributed by atoms with Gasteiger partial charge >= 0.3 is 0 Å². The van der Waals surface area contributed by atoms with E-state index in [9.17, 15) is 8.42 Å². The molecule has 20 heavy (non-hydrogen) atoms. The standard InChI is InChI=1S/C13H23BrN2O2S2/c1-12(2,3)8-13(4,5)16-20(17,18)10-6-9(7-15)19-11(10)14/h6,16H,7-8,15H2,1-5H3. The highest BCUT2D eigenvalue weighted by Crippen LogP contribution is 2.33. The van der Waals surface area contributed by atoms with Crippen LogP contribution in [0, 0.1) is 5.41 Å². The summed E-state index contributed by atoms with van der Waals surface area (Å²) in [5, 5.41) is 0. The fraction of sp³-hybridized carbons (Fsp3) is 0.692. The summed E-state index contributed by atoms with van der Waals surface area (Å²) in [6.07, 6.45) is 0.741. The molecule has 0 aliphatic rings. The van der Waals surface area contributed by atoms with Crippen molar-refractivity contribution in [3.63, 3.8) is 0 Å². The van der Waals surface area contributed by atoms with Crippen molar-refractivity contribution in [2.75, 3.05) is 0 Å². The summed E-state index contributed by atoms with van der Waals surface area (Å²) in [6.45, 7) is 10.4. The summed E-state index contributed by atoms with van der Waals surface area (Å²) in [4.78, 5) is 1.11. The number of hydrogen-bond donors (Lipinski definition) is 2. The quantitative estimate of drug-likeness (QED) is 0.818. The maximum Gasteiger partial charge on any atom is 0.243 e. The Morgan fingerprint density at radius 3 is 2.25 bits per heavy atom. The first kappa shape index (κ1) is 18.1. The molecule has 0 saturated heterocycles. The zero-order valence-corrected chi connectivity index (χ0v) is 15.8. The predicted octanol–water partition coefficient (Wildman–Crippen LogP) is 3.46. The van der Waals surface area contributed by atoms with Gasteiger partial charge in [0.2, 0.25) is 10.0 Å². The van der Waals surface area contributed by atoms with Crippen LogP contribution < -0.4 is 10.5 Å². The number of nitrogens with two attached hydrogens (primary N) is 1. The normalized spacial score (nSPS) is 13.8. The third kappa shape index (κ3) is 5.11. The highest BCUT2D eigenvalue weighted by atomic mass is 79.9. The van der Waals surface area contributed by atoms with Crippen LogP contribution in [0.3, 0.4) is 0 Å². The smallest absolute Gasteiger partial charge is 0.243 e. The zero-order chi connectivity index (χ0) is 15.8. The molecule has 0 spiro atoms. The number of thiophene rings is 1. The van der Waals surface area contributed by atoms with Gasteiger partial charge in [-0.2, -0.15) is 0 Å². The summed E-state index contributed by atoms with van der Waals surface area (Å²) >= 11 is 4.66. The first-order chi connectivity index (χ1) is 8.86. The van der Waals surface area contributed by atoms with E-state index in [1.807, 2.05) is 13.8 Å². The van der Waals surface area contributed by atoms with Gasteiger partial charge in [0.25, 0.3) is 0 Å². The Kier molecular flexibility index (Phi) is 5.47. The Hall–Kier alpha value is 0.0500. The van der Waals surface area contributed by atoms with Crippen molar-refractivity contribution in [3.8, 4) is 0 Å². The molecule has 116 valence electrons. The Bertz CT molecular complexity index is 572. The van der Waals surface area contributed by atoms with Crippen LogP contribution in [0.15, 0.2) is 14.7 Å². The van der Waals surface area contributed by atoms with Crippen LogP contribution in [0.2, 0.25) is 0 Å². The summed E-state index contributed by atoms with van der Waals surface area (Å²) < 4.78 is 28.4. The topological polar surface area (TPSA) is 72.2 Å². The van der Waals surface area contributed by atoms with E-state index in [1.54, 1.807) is 6.07 Å². The van der Waals surface area contributed by atoms with Gasteiger partial charge < -0.3 is 5.73 Å². The van der Waals surface area contributed by atoms with Crippen LogP contribution in [0.5, 0.6) is 0 Å². The molecule has 0 amide bonds. The van der Waals surface area contributed by atoms with Crippen molar-refractivity contribution in [1.82, 2.24) is 4.72 Å². The molecule has 1 aromatic heterocycles. The lowest BCUT2D eigenvalue weighted by atomic mass is 9.82. The van der Waals surface area contributed by atoms with Gasteiger partial charge in [0.05, 0.1) is 3.79 Å². The van der Waals surface area contributed by atoms with E-state index in [0.717, 1.165) is 11.3 Å². The van der Waals surface area contributed by atoms with Crippen molar-refractivity contribution in [2.45, 2.75) is 58.0 Å². The fourth-order valence-electron chi connectivity index (χ4n) is 2.46. The van der Waals surface area contributed by atoms with Crippen molar-refractivity contribution in [1.29, 1.82) is 0 Å². The van der Waals surface area contributed by atoms with Crippen molar-refractivity contribution in [2.24, 2.45) is 11.1 Å². The van der Waals surface area contributed by atoms with Crippen LogP contribution in [0.1, 0.15) is 45.9 Å². The summed E-state index contributed by atoms with van der Waals surface area (Å²) in [5.41, 5.74) is 5.09. The van der Waals surface area contributed by atoms with Crippen LogP contribution in [0.4, 0.5) is 0 Å². The SMILES string of the molecule is CC(C)(C)CC(C)(C)NS(=O)(=O)c1cc(CN)sc1Br. The molecule has 3 N–H and O–H groups in total. The van der Waals surface area contributed by atoms with E-state index < -0.39 is 15.6 Å². The Morgan fingerprint density at radius 2 is 1.85 bits per heavy atom. The lowest BCUT2D eigenvalue weighted by Crippen LogP contribution is -2.45. The molecule has 0 unspecified atom stereocenters. The predicted molar refractivity (Wildman–Crippen MR) is 88.4 cm³/mol. The molecule has 7 heteroatoms. The van der Waals surface area contributed by atoms with Crippen LogP contribution in [-0.4, -0.2) is 14.0 Å². The van der Waals surface area contributed by atoms with Gasteiger partial charge in [-0.1, -0.05) is 20.8 Å². The summed E-state index contributed by atoms with van der Waals surface area (Å²) in [6, 6.07) is 1.63. The van der Waals surface area contributed by atoms with Gasteiger partial charge in [-0.3, -0.25) is 0 Å². The van der Waals surface area contributed by atoms with Gasteiger partial charge in [-0.15, -0.1) is 11.3 Å². The van der Waals surface area contributed by atoms with Crippen LogP contribution >= 0.6 is 27.3 Å². The van der Waals surface area contributed by atoms with Crippen molar-refractivity contribution >= 4 is 37.3 Å². The maximum absolute atomic E-state index is 12.5. The molecule has 1 heterocycles. The minimum absolute atomic E-state index is 0.0420. The Balaban J connectivity index is 3.03. The summed E-state index contributed by atoms with van der Waals surface area (Å²) in [5.74, 6) is 0. The van der Waals surface area contributed by atoms with E-state index in [-0.39, 0.29) is 10.3 Å². The molecule has 0 radical (unpaired) electrons. The Labute approximate surface area is 134 Å². The second-order valence-corrected chi connectivity index (χ2v) is 10.9. The third-order valence-corrected chi connectivity index (χ3v) is 6.55. The van der Waals surface area contributed by atoms with E-state index in [1.165, 1.54) is 11.3 Å². The van der Waals surface area contributed by atoms with Gasteiger partial charge in [0.15, 0.2) is 0 Å². The molecule has 0 aliphatic heterocycles. The molecule has 0 atom stereocenters. The first-order valence-corrected chi connectivity index (χ1v) is 9.48. The second kappa shape index (κ2) is 6.04. The van der Waals surface area contributed by atoms with Gasteiger partial charge in [-0.05, 0) is 47.7 Å². The highest BCUT2D eigenvalue weighted by molar-refractivity contribution is 9.11. The monoisotopic (exact) mass is 382 g/mol. The molecule has 0 fully saturated rings. The zero-order valence-electron chi connectivity index (χ0n) is 12.6. The molecular weight excluding hydrogens is 360 g/mol. The van der Waals surface area contributed by atoms with E-state index in [4.69, 9.17) is 5.73 Å². The highest BCUT2D eigenvalue weighted by Gasteiger charge is 2.32. The number of nitrogens with one attached hydrogen (secondary N) is 1. The van der Waals surface area contributed by atoms with Gasteiger partial charge in [-0.25, -0.2) is 13.1 Å². The second-order valence-electron chi connectivity index (χ2n) is 6.78. The van der Waals surface area contributed by atoms with Crippen molar-refractivity contribution in [3.05, 3.63) is 14.7 Å². The average molecular weight is 383 g/mol. The van der Waals surface area contributed by atoms with Crippen molar-refractivity contribution < 1.29 is 8.42 Å². The summed E-state index contributed by atoms with van der Waals surface area (Å²) in [7, 11) is -3.55. The van der Waals surface area contributed by atoms with Crippen LogP contribution in [-0.2, 0) is 16.6 Å². The molecular formula is C13H23BrN2O2S2. The van der Waals surface area contributed by atoms with E-state index >= 15 is 0 Å². The minimum Gasteiger partial charge on any atom is -0.326 e. The number of hydrogen-bond acceptors (Lipinski definition) is 4. The Morgan fingerprint density at radius 1 is 1.30 bits per heavy atom. The molecule has 0 bridgehead atoms.